The number of nitrogens with zero attached hydrogens (tertiary/aromatic N) is 2. The van der Waals surface area contributed by atoms with E-state index in [4.69, 9.17) is 11.5 Å². The van der Waals surface area contributed by atoms with Gasteiger partial charge < -0.3 is 21.7 Å². The van der Waals surface area contributed by atoms with Crippen molar-refractivity contribution in [3.05, 3.63) is 17.8 Å². The van der Waals surface area contributed by atoms with Crippen molar-refractivity contribution in [2.75, 3.05) is 44.2 Å². The molecule has 1 saturated heterocycles. The molecule has 0 aromatic carbocycles. The van der Waals surface area contributed by atoms with E-state index in [1.165, 1.54) is 0 Å². The Morgan fingerprint density at radius 1 is 1.31 bits per heavy atom. The first-order valence-corrected chi connectivity index (χ1v) is 5.69. The Morgan fingerprint density at radius 3 is 2.81 bits per heavy atom. The van der Waals surface area contributed by atoms with Gasteiger partial charge in [0, 0.05) is 38.9 Å². The van der Waals surface area contributed by atoms with Crippen LogP contribution in [0, 0.1) is 0 Å². The van der Waals surface area contributed by atoms with E-state index in [-0.39, 0.29) is 0 Å². The molecule has 0 spiro atoms. The van der Waals surface area contributed by atoms with E-state index >= 15 is 0 Å². The summed E-state index contributed by atoms with van der Waals surface area (Å²) in [5.41, 5.74) is 13.3. The van der Waals surface area contributed by atoms with E-state index in [2.05, 4.69) is 15.2 Å². The van der Waals surface area contributed by atoms with E-state index < -0.39 is 0 Å². The highest BCUT2D eigenvalue weighted by atomic mass is 15.2. The summed E-state index contributed by atoms with van der Waals surface area (Å²) in [6, 6.07) is 1.95. The summed E-state index contributed by atoms with van der Waals surface area (Å²) in [6.07, 6.45) is 2.66. The van der Waals surface area contributed by atoms with Gasteiger partial charge in [0.2, 0.25) is 0 Å². The lowest BCUT2D eigenvalue weighted by Crippen LogP contribution is -2.44. The molecule has 5 heteroatoms. The molecule has 0 bridgehead atoms. The third-order valence-corrected chi connectivity index (χ3v) is 3.02. The number of hydrogen-bond acceptors (Lipinski definition) is 5. The Kier molecular flexibility index (Phi) is 3.58. The van der Waals surface area contributed by atoms with Gasteiger partial charge in [-0.3, -0.25) is 0 Å². The molecular formula is C11H19N5. The first-order valence-electron chi connectivity index (χ1n) is 5.69. The Labute approximate surface area is 95.8 Å². The summed E-state index contributed by atoms with van der Waals surface area (Å²) < 4.78 is 0. The van der Waals surface area contributed by atoms with Crippen molar-refractivity contribution in [3.8, 4) is 0 Å². The topological polar surface area (TPSA) is 80.2 Å². The fourth-order valence-electron chi connectivity index (χ4n) is 1.96. The Bertz CT molecular complexity index is 346. The van der Waals surface area contributed by atoms with Crippen molar-refractivity contribution >= 4 is 11.5 Å². The van der Waals surface area contributed by atoms with E-state index in [0.717, 1.165) is 44.7 Å². The van der Waals surface area contributed by atoms with Crippen LogP contribution in [0.3, 0.4) is 0 Å². The maximum absolute atomic E-state index is 5.88. The number of piperazine rings is 1. The number of hydrogen-bond donors (Lipinski definition) is 3. The smallest absolute Gasteiger partial charge is 0.146 e. The molecule has 0 amide bonds. The van der Waals surface area contributed by atoms with Crippen LogP contribution in [0.15, 0.2) is 12.3 Å². The van der Waals surface area contributed by atoms with Gasteiger partial charge in [-0.25, -0.2) is 4.98 Å². The summed E-state index contributed by atoms with van der Waals surface area (Å²) in [7, 11) is 0. The minimum atomic E-state index is 0.442. The number of nitrogens with one attached hydrogen (secondary N) is 1. The van der Waals surface area contributed by atoms with Gasteiger partial charge in [0.25, 0.3) is 0 Å². The number of rotatable bonds is 3. The van der Waals surface area contributed by atoms with E-state index in [9.17, 15) is 0 Å². The molecule has 0 radical (unpaired) electrons. The minimum absolute atomic E-state index is 0.442. The Balaban J connectivity index is 1.91. The molecule has 1 aromatic rings. The molecule has 0 aliphatic carbocycles. The average molecular weight is 221 g/mol. The van der Waals surface area contributed by atoms with Crippen LogP contribution in [0.5, 0.6) is 0 Å². The van der Waals surface area contributed by atoms with Crippen LogP contribution in [0.1, 0.15) is 5.56 Å². The van der Waals surface area contributed by atoms with Crippen LogP contribution < -0.4 is 16.8 Å². The maximum Gasteiger partial charge on any atom is 0.146 e. The molecule has 5 N–H and O–H groups in total. The molecule has 0 saturated carbocycles. The molecule has 2 heterocycles. The van der Waals surface area contributed by atoms with Crippen LogP contribution >= 0.6 is 0 Å². The lowest BCUT2D eigenvalue weighted by Gasteiger charge is -2.27. The van der Waals surface area contributed by atoms with E-state index in [1.54, 1.807) is 6.20 Å². The first kappa shape index (κ1) is 11.2. The highest BCUT2D eigenvalue weighted by Crippen LogP contribution is 2.17. The normalized spacial score (nSPS) is 17.5. The van der Waals surface area contributed by atoms with Gasteiger partial charge in [0.1, 0.15) is 5.82 Å². The molecular weight excluding hydrogens is 202 g/mol. The standard InChI is InChI=1S/C11H19N5/c12-10-9(1-3-15-11(10)13)2-6-16-7-4-14-5-8-16/h1,3,14H,2,4-8,12H2,(H2,13,15). The van der Waals surface area contributed by atoms with E-state index in [0.29, 0.717) is 11.5 Å². The molecule has 16 heavy (non-hydrogen) atoms. The number of pyridine rings is 1. The van der Waals surface area contributed by atoms with Crippen molar-refractivity contribution in [1.82, 2.24) is 15.2 Å². The first-order chi connectivity index (χ1) is 7.77. The molecule has 88 valence electrons. The van der Waals surface area contributed by atoms with Gasteiger partial charge in [-0.15, -0.1) is 0 Å². The van der Waals surface area contributed by atoms with Crippen molar-refractivity contribution in [3.63, 3.8) is 0 Å². The van der Waals surface area contributed by atoms with Gasteiger partial charge in [-0.1, -0.05) is 0 Å². The van der Waals surface area contributed by atoms with Crippen LogP contribution in [0.4, 0.5) is 11.5 Å². The lowest BCUT2D eigenvalue weighted by atomic mass is 10.1. The second-order valence-electron chi connectivity index (χ2n) is 4.11. The second-order valence-corrected chi connectivity index (χ2v) is 4.11. The Hall–Kier alpha value is -1.33. The van der Waals surface area contributed by atoms with Crippen LogP contribution in [-0.2, 0) is 6.42 Å². The largest absolute Gasteiger partial charge is 0.396 e. The van der Waals surface area contributed by atoms with Crippen molar-refractivity contribution in [1.29, 1.82) is 0 Å². The second kappa shape index (κ2) is 5.14. The van der Waals surface area contributed by atoms with Gasteiger partial charge in [-0.2, -0.15) is 0 Å². The highest BCUT2D eigenvalue weighted by molar-refractivity contribution is 5.62. The van der Waals surface area contributed by atoms with Crippen LogP contribution in [0.2, 0.25) is 0 Å². The fourth-order valence-corrected chi connectivity index (χ4v) is 1.96. The molecule has 1 fully saturated rings. The third-order valence-electron chi connectivity index (χ3n) is 3.02. The predicted octanol–water partition coefficient (Wildman–Crippen LogP) is -0.306. The van der Waals surface area contributed by atoms with Gasteiger partial charge >= 0.3 is 0 Å². The predicted molar refractivity (Wildman–Crippen MR) is 66.1 cm³/mol. The number of nitrogens with two attached hydrogens (primary N) is 2. The molecule has 1 aliphatic heterocycles. The minimum Gasteiger partial charge on any atom is -0.396 e. The zero-order valence-electron chi connectivity index (χ0n) is 9.45. The average Bonchev–Trinajstić information content (AvgIpc) is 2.32. The SMILES string of the molecule is Nc1nccc(CCN2CCNCC2)c1N. The summed E-state index contributed by atoms with van der Waals surface area (Å²) >= 11 is 0. The van der Waals surface area contributed by atoms with Gasteiger partial charge in [0.05, 0.1) is 5.69 Å². The van der Waals surface area contributed by atoms with Crippen molar-refractivity contribution in [2.24, 2.45) is 0 Å². The Morgan fingerprint density at radius 2 is 2.06 bits per heavy atom. The van der Waals surface area contributed by atoms with E-state index in [1.807, 2.05) is 6.07 Å². The molecule has 5 nitrogen and oxygen atoms in total. The highest BCUT2D eigenvalue weighted by Gasteiger charge is 2.10. The summed E-state index contributed by atoms with van der Waals surface area (Å²) in [4.78, 5) is 6.40. The fraction of sp³-hybridized carbons (Fsp3) is 0.545. The number of nitrogen functional groups attached to an aromatic ring is 2. The zero-order valence-corrected chi connectivity index (χ0v) is 9.45. The third kappa shape index (κ3) is 2.62. The molecule has 0 unspecified atom stereocenters. The lowest BCUT2D eigenvalue weighted by molar-refractivity contribution is 0.244. The van der Waals surface area contributed by atoms with Gasteiger partial charge in [-0.05, 0) is 18.1 Å². The number of aromatic nitrogens is 1. The maximum atomic E-state index is 5.88. The quantitative estimate of drug-likeness (QED) is 0.652. The molecule has 0 atom stereocenters. The van der Waals surface area contributed by atoms with Gasteiger partial charge in [0.15, 0.2) is 0 Å². The monoisotopic (exact) mass is 221 g/mol. The molecule has 1 aliphatic rings. The van der Waals surface area contributed by atoms with Crippen molar-refractivity contribution in [2.45, 2.75) is 6.42 Å². The summed E-state index contributed by atoms with van der Waals surface area (Å²) in [5.74, 6) is 0.442. The van der Waals surface area contributed by atoms with Crippen LogP contribution in [-0.4, -0.2) is 42.6 Å². The van der Waals surface area contributed by atoms with Crippen LogP contribution in [0.25, 0.3) is 0 Å². The molecule has 1 aromatic heterocycles. The zero-order chi connectivity index (χ0) is 11.4. The molecule has 2 rings (SSSR count). The number of anilines is 2. The summed E-state index contributed by atoms with van der Waals surface area (Å²) in [6.45, 7) is 5.41. The van der Waals surface area contributed by atoms with Crippen molar-refractivity contribution < 1.29 is 0 Å². The summed E-state index contributed by atoms with van der Waals surface area (Å²) in [5, 5.41) is 3.34.